The van der Waals surface area contributed by atoms with Crippen molar-refractivity contribution in [2.24, 2.45) is 0 Å². The maximum atomic E-state index is 12.6. The maximum Gasteiger partial charge on any atom is 0.392 e. The molecule has 0 aliphatic carbocycles. The number of cyclic esters (lactones) is 1. The topological polar surface area (TPSA) is 26.3 Å². The van der Waals surface area contributed by atoms with Crippen LogP contribution >= 0.6 is 0 Å². The number of carbonyl (C=O) groups is 1. The highest BCUT2D eigenvalue weighted by atomic mass is 19.4. The van der Waals surface area contributed by atoms with Gasteiger partial charge in [-0.2, -0.15) is 13.2 Å². The van der Waals surface area contributed by atoms with E-state index in [0.29, 0.717) is 5.56 Å². The third-order valence-electron chi connectivity index (χ3n) is 3.21. The third kappa shape index (κ3) is 2.66. The summed E-state index contributed by atoms with van der Waals surface area (Å²) < 4.78 is 42.7. The van der Waals surface area contributed by atoms with Crippen LogP contribution in [0.1, 0.15) is 31.2 Å². The van der Waals surface area contributed by atoms with Crippen LogP contribution in [0.25, 0.3) is 0 Å². The van der Waals surface area contributed by atoms with Gasteiger partial charge < -0.3 is 4.74 Å². The molecule has 0 spiro atoms. The summed E-state index contributed by atoms with van der Waals surface area (Å²) in [5, 5.41) is 0. The first-order chi connectivity index (χ1) is 8.30. The molecule has 0 unspecified atom stereocenters. The van der Waals surface area contributed by atoms with Crippen LogP contribution in [0.3, 0.4) is 0 Å². The molecule has 0 radical (unpaired) electrons. The molecule has 1 fully saturated rings. The number of ether oxygens (including phenoxy) is 1. The molecule has 1 heterocycles. The quantitative estimate of drug-likeness (QED) is 0.760. The Hall–Kier alpha value is -1.52. The summed E-state index contributed by atoms with van der Waals surface area (Å²) in [6.07, 6.45) is -5.48. The lowest BCUT2D eigenvalue weighted by Crippen LogP contribution is -2.36. The van der Waals surface area contributed by atoms with Gasteiger partial charge in [-0.3, -0.25) is 4.79 Å². The van der Waals surface area contributed by atoms with E-state index < -0.39 is 30.1 Å². The van der Waals surface area contributed by atoms with Gasteiger partial charge in [0.15, 0.2) is 0 Å². The van der Waals surface area contributed by atoms with Gasteiger partial charge in [-0.1, -0.05) is 30.3 Å². The minimum atomic E-state index is -4.35. The van der Waals surface area contributed by atoms with Crippen molar-refractivity contribution in [2.75, 3.05) is 0 Å². The van der Waals surface area contributed by atoms with Gasteiger partial charge in [0.25, 0.3) is 0 Å². The number of benzene rings is 1. The lowest BCUT2D eigenvalue weighted by molar-refractivity contribution is -0.183. The van der Waals surface area contributed by atoms with Crippen molar-refractivity contribution in [2.45, 2.75) is 37.5 Å². The molecule has 1 saturated heterocycles. The number of halogens is 3. The molecule has 1 aliphatic rings. The summed E-state index contributed by atoms with van der Waals surface area (Å²) in [5.41, 5.74) is -0.799. The van der Waals surface area contributed by atoms with Crippen LogP contribution in [-0.4, -0.2) is 17.7 Å². The van der Waals surface area contributed by atoms with E-state index in [-0.39, 0.29) is 6.42 Å². The van der Waals surface area contributed by atoms with E-state index in [4.69, 9.17) is 4.74 Å². The largest absolute Gasteiger partial charge is 0.458 e. The van der Waals surface area contributed by atoms with Crippen LogP contribution in [0.4, 0.5) is 13.2 Å². The molecular formula is C13H13F3O2. The monoisotopic (exact) mass is 258 g/mol. The van der Waals surface area contributed by atoms with E-state index >= 15 is 0 Å². The molecule has 0 amide bonds. The molecule has 0 N–H and O–H groups in total. The number of carbonyl (C=O) groups excluding carboxylic acids is 1. The summed E-state index contributed by atoms with van der Waals surface area (Å²) >= 11 is 0. The van der Waals surface area contributed by atoms with Crippen molar-refractivity contribution in [3.8, 4) is 0 Å². The van der Waals surface area contributed by atoms with Gasteiger partial charge in [0.05, 0.1) is 12.8 Å². The fraction of sp³-hybridized carbons (Fsp3) is 0.462. The molecule has 2 atom stereocenters. The summed E-state index contributed by atoms with van der Waals surface area (Å²) in [5.74, 6) is -1.12. The van der Waals surface area contributed by atoms with Crippen molar-refractivity contribution in [3.05, 3.63) is 35.9 Å². The van der Waals surface area contributed by atoms with Crippen molar-refractivity contribution >= 4 is 5.97 Å². The van der Waals surface area contributed by atoms with Crippen LogP contribution in [0.5, 0.6) is 0 Å². The second-order valence-corrected chi connectivity index (χ2v) is 4.75. The van der Waals surface area contributed by atoms with Crippen LogP contribution in [-0.2, 0) is 9.53 Å². The van der Waals surface area contributed by atoms with Gasteiger partial charge >= 0.3 is 12.1 Å². The summed E-state index contributed by atoms with van der Waals surface area (Å²) in [4.78, 5) is 11.3. The number of esters is 1. The van der Waals surface area contributed by atoms with Crippen LogP contribution in [0.15, 0.2) is 30.3 Å². The van der Waals surface area contributed by atoms with E-state index in [1.807, 2.05) is 0 Å². The molecule has 0 aromatic heterocycles. The Morgan fingerprint density at radius 3 is 2.50 bits per heavy atom. The molecule has 98 valence electrons. The zero-order valence-electron chi connectivity index (χ0n) is 9.83. The number of hydrogen-bond donors (Lipinski definition) is 0. The SMILES string of the molecule is C[C@]1(CC(F)(F)F)OC(=O)C[C@@H]1c1ccccc1. The molecule has 5 heteroatoms. The Labute approximate surface area is 103 Å². The van der Waals surface area contributed by atoms with Gasteiger partial charge in [-0.25, -0.2) is 0 Å². The molecular weight excluding hydrogens is 245 g/mol. The Morgan fingerprint density at radius 1 is 1.33 bits per heavy atom. The summed E-state index contributed by atoms with van der Waals surface area (Å²) in [6, 6.07) is 8.71. The highest BCUT2D eigenvalue weighted by Gasteiger charge is 2.52. The van der Waals surface area contributed by atoms with Gasteiger partial charge in [-0.05, 0) is 12.5 Å². The Kier molecular flexibility index (Phi) is 3.09. The molecule has 2 nitrogen and oxygen atoms in total. The second-order valence-electron chi connectivity index (χ2n) is 4.75. The first kappa shape index (κ1) is 12.9. The molecule has 0 saturated carbocycles. The van der Waals surface area contributed by atoms with Crippen molar-refractivity contribution in [1.82, 2.24) is 0 Å². The zero-order valence-corrected chi connectivity index (χ0v) is 9.83. The first-order valence-electron chi connectivity index (χ1n) is 5.64. The first-order valence-corrected chi connectivity index (χ1v) is 5.64. The third-order valence-corrected chi connectivity index (χ3v) is 3.21. The number of hydrogen-bond acceptors (Lipinski definition) is 2. The van der Waals surface area contributed by atoms with Crippen molar-refractivity contribution in [1.29, 1.82) is 0 Å². The standard InChI is InChI=1S/C13H13F3O2/c1-12(8-13(14,15)16)10(7-11(17)18-12)9-5-3-2-4-6-9/h2-6,10H,7-8H2,1H3/t10-,12-/m1/s1. The van der Waals surface area contributed by atoms with Crippen molar-refractivity contribution in [3.63, 3.8) is 0 Å². The highest BCUT2D eigenvalue weighted by Crippen LogP contribution is 2.46. The predicted octanol–water partition coefficient (Wildman–Crippen LogP) is 3.43. The smallest absolute Gasteiger partial charge is 0.392 e. The molecule has 2 rings (SSSR count). The molecule has 1 aliphatic heterocycles. The number of rotatable bonds is 2. The summed E-state index contributed by atoms with van der Waals surface area (Å²) in [7, 11) is 0. The average molecular weight is 258 g/mol. The van der Waals surface area contributed by atoms with Crippen molar-refractivity contribution < 1.29 is 22.7 Å². The summed E-state index contributed by atoms with van der Waals surface area (Å²) in [6.45, 7) is 1.35. The van der Waals surface area contributed by atoms with Gasteiger partial charge in [0.2, 0.25) is 0 Å². The van der Waals surface area contributed by atoms with Gasteiger partial charge in [-0.15, -0.1) is 0 Å². The molecule has 0 bridgehead atoms. The Bertz CT molecular complexity index is 441. The zero-order chi connectivity index (χ0) is 13.4. The Balaban J connectivity index is 2.31. The van der Waals surface area contributed by atoms with E-state index in [0.717, 1.165) is 0 Å². The highest BCUT2D eigenvalue weighted by molar-refractivity contribution is 5.74. The average Bonchev–Trinajstić information content (AvgIpc) is 2.52. The van der Waals surface area contributed by atoms with Crippen LogP contribution in [0.2, 0.25) is 0 Å². The molecule has 18 heavy (non-hydrogen) atoms. The predicted molar refractivity (Wildman–Crippen MR) is 59.0 cm³/mol. The van der Waals surface area contributed by atoms with E-state index in [1.165, 1.54) is 6.92 Å². The van der Waals surface area contributed by atoms with E-state index in [1.54, 1.807) is 30.3 Å². The maximum absolute atomic E-state index is 12.6. The lowest BCUT2D eigenvalue weighted by atomic mass is 9.81. The minimum absolute atomic E-state index is 0.00338. The van der Waals surface area contributed by atoms with E-state index in [2.05, 4.69) is 0 Å². The Morgan fingerprint density at radius 2 is 1.94 bits per heavy atom. The van der Waals surface area contributed by atoms with Crippen LogP contribution < -0.4 is 0 Å². The lowest BCUT2D eigenvalue weighted by Gasteiger charge is -2.30. The fourth-order valence-electron chi connectivity index (χ4n) is 2.47. The van der Waals surface area contributed by atoms with Gasteiger partial charge in [0.1, 0.15) is 5.60 Å². The van der Waals surface area contributed by atoms with E-state index in [9.17, 15) is 18.0 Å². The minimum Gasteiger partial charge on any atom is -0.458 e. The number of alkyl halides is 3. The van der Waals surface area contributed by atoms with Crippen LogP contribution in [0, 0.1) is 0 Å². The molecule has 1 aromatic carbocycles. The normalized spacial score (nSPS) is 28.2. The fourth-order valence-corrected chi connectivity index (χ4v) is 2.47. The van der Waals surface area contributed by atoms with Gasteiger partial charge in [0, 0.05) is 5.92 Å². The second kappa shape index (κ2) is 4.30. The molecule has 1 aromatic rings.